The average Bonchev–Trinajstić information content (AvgIpc) is 3.16. The molecule has 0 saturated carbocycles. The summed E-state index contributed by atoms with van der Waals surface area (Å²) in [5, 5.41) is 5.52. The number of ether oxygens (including phenoxy) is 1. The maximum atomic E-state index is 12.5. The molecule has 130 valence electrons. The van der Waals surface area contributed by atoms with Gasteiger partial charge in [-0.2, -0.15) is 0 Å². The molecular weight excluding hydrogens is 342 g/mol. The van der Waals surface area contributed by atoms with Crippen LogP contribution in [0.4, 0.5) is 5.00 Å². The highest BCUT2D eigenvalue weighted by Gasteiger charge is 2.27. The lowest BCUT2D eigenvalue weighted by Crippen LogP contribution is -2.22. The summed E-state index contributed by atoms with van der Waals surface area (Å²) in [4.78, 5) is 27.0. The van der Waals surface area contributed by atoms with Crippen LogP contribution in [0.1, 0.15) is 48.8 Å². The van der Waals surface area contributed by atoms with E-state index in [1.165, 1.54) is 11.3 Å². The smallest absolute Gasteiger partial charge is 0.341 e. The van der Waals surface area contributed by atoms with Gasteiger partial charge in [-0.3, -0.25) is 4.79 Å². The van der Waals surface area contributed by atoms with Crippen molar-refractivity contribution in [2.75, 3.05) is 11.9 Å². The Morgan fingerprint density at radius 3 is 2.50 bits per heavy atom. The van der Waals surface area contributed by atoms with Crippen LogP contribution >= 0.6 is 22.7 Å². The van der Waals surface area contributed by atoms with Crippen molar-refractivity contribution in [3.63, 3.8) is 0 Å². The summed E-state index contributed by atoms with van der Waals surface area (Å²) >= 11 is 3.01. The summed E-state index contributed by atoms with van der Waals surface area (Å²) in [6.45, 7) is 8.05. The molecular formula is C18H23NO3S2. The number of amides is 1. The summed E-state index contributed by atoms with van der Waals surface area (Å²) in [6.07, 6.45) is 1.55. The minimum absolute atomic E-state index is 0.0375. The van der Waals surface area contributed by atoms with E-state index in [1.807, 2.05) is 38.3 Å². The van der Waals surface area contributed by atoms with Gasteiger partial charge in [0.25, 0.3) is 0 Å². The number of aryl methyl sites for hydroxylation is 1. The summed E-state index contributed by atoms with van der Waals surface area (Å²) in [6, 6.07) is 3.93. The van der Waals surface area contributed by atoms with Crippen LogP contribution in [0.5, 0.6) is 0 Å². The van der Waals surface area contributed by atoms with E-state index < -0.39 is 0 Å². The molecule has 0 radical (unpaired) electrons. The van der Waals surface area contributed by atoms with Gasteiger partial charge in [-0.1, -0.05) is 19.9 Å². The number of anilines is 1. The first-order valence-corrected chi connectivity index (χ1v) is 9.88. The Bertz CT molecular complexity index is 700. The minimum Gasteiger partial charge on any atom is -0.462 e. The van der Waals surface area contributed by atoms with Crippen molar-refractivity contribution in [3.8, 4) is 10.4 Å². The summed E-state index contributed by atoms with van der Waals surface area (Å²) in [7, 11) is 0. The molecule has 1 amide bonds. The molecule has 4 nitrogen and oxygen atoms in total. The van der Waals surface area contributed by atoms with Gasteiger partial charge in [0.2, 0.25) is 5.91 Å². The fourth-order valence-corrected chi connectivity index (χ4v) is 4.58. The molecule has 0 unspecified atom stereocenters. The van der Waals surface area contributed by atoms with Gasteiger partial charge in [0.05, 0.1) is 6.61 Å². The van der Waals surface area contributed by atoms with Crippen molar-refractivity contribution >= 4 is 39.6 Å². The van der Waals surface area contributed by atoms with Crippen LogP contribution in [0, 0.1) is 12.8 Å². The second-order valence-corrected chi connectivity index (χ2v) is 7.61. The largest absolute Gasteiger partial charge is 0.462 e. The molecule has 0 aliphatic carbocycles. The summed E-state index contributed by atoms with van der Waals surface area (Å²) in [5.41, 5.74) is 1.34. The fourth-order valence-electron chi connectivity index (χ4n) is 2.62. The Kier molecular flexibility index (Phi) is 6.57. The zero-order valence-electron chi connectivity index (χ0n) is 14.5. The van der Waals surface area contributed by atoms with Crippen LogP contribution in [0.3, 0.4) is 0 Å². The van der Waals surface area contributed by atoms with Crippen LogP contribution in [0.15, 0.2) is 17.5 Å². The molecule has 2 aromatic rings. The van der Waals surface area contributed by atoms with E-state index in [9.17, 15) is 9.59 Å². The third kappa shape index (κ3) is 3.87. The van der Waals surface area contributed by atoms with Gasteiger partial charge in [-0.05, 0) is 38.1 Å². The van der Waals surface area contributed by atoms with E-state index >= 15 is 0 Å². The third-order valence-corrected chi connectivity index (χ3v) is 5.83. The number of carbonyl (C=O) groups excluding carboxylic acids is 2. The highest BCUT2D eigenvalue weighted by Crippen LogP contribution is 2.42. The first-order valence-electron chi connectivity index (χ1n) is 8.18. The van der Waals surface area contributed by atoms with Gasteiger partial charge in [0.15, 0.2) is 0 Å². The zero-order valence-corrected chi connectivity index (χ0v) is 16.1. The molecule has 2 heterocycles. The van der Waals surface area contributed by atoms with Crippen molar-refractivity contribution in [1.29, 1.82) is 0 Å². The van der Waals surface area contributed by atoms with Crippen molar-refractivity contribution in [2.45, 2.75) is 40.5 Å². The van der Waals surface area contributed by atoms with Crippen LogP contribution in [0.2, 0.25) is 0 Å². The van der Waals surface area contributed by atoms with Gasteiger partial charge in [0.1, 0.15) is 10.6 Å². The molecule has 2 aromatic heterocycles. The number of nitrogens with one attached hydrogen (secondary N) is 1. The lowest BCUT2D eigenvalue weighted by Gasteiger charge is -2.13. The monoisotopic (exact) mass is 365 g/mol. The van der Waals surface area contributed by atoms with E-state index in [-0.39, 0.29) is 17.8 Å². The Labute approximate surface area is 150 Å². The molecule has 0 fully saturated rings. The second-order valence-electron chi connectivity index (χ2n) is 5.44. The fraction of sp³-hybridized carbons (Fsp3) is 0.444. The summed E-state index contributed by atoms with van der Waals surface area (Å²) in [5.74, 6) is -0.470. The molecule has 6 heteroatoms. The molecule has 0 aliphatic rings. The van der Waals surface area contributed by atoms with Crippen LogP contribution < -0.4 is 5.32 Å². The predicted octanol–water partition coefficient (Wildman–Crippen LogP) is 5.34. The molecule has 0 aromatic carbocycles. The Hall–Kier alpha value is -1.66. The van der Waals surface area contributed by atoms with Gasteiger partial charge in [-0.25, -0.2) is 4.79 Å². The quantitative estimate of drug-likeness (QED) is 0.674. The van der Waals surface area contributed by atoms with E-state index in [0.717, 1.165) is 28.2 Å². The van der Waals surface area contributed by atoms with Crippen molar-refractivity contribution in [2.24, 2.45) is 5.92 Å². The summed E-state index contributed by atoms with van der Waals surface area (Å²) < 4.78 is 5.24. The highest BCUT2D eigenvalue weighted by atomic mass is 32.1. The van der Waals surface area contributed by atoms with Crippen molar-refractivity contribution in [1.82, 2.24) is 0 Å². The predicted molar refractivity (Wildman–Crippen MR) is 101 cm³/mol. The van der Waals surface area contributed by atoms with Gasteiger partial charge in [-0.15, -0.1) is 22.7 Å². The lowest BCUT2D eigenvalue weighted by molar-refractivity contribution is -0.120. The highest BCUT2D eigenvalue weighted by molar-refractivity contribution is 7.18. The topological polar surface area (TPSA) is 55.4 Å². The Morgan fingerprint density at radius 1 is 1.25 bits per heavy atom. The zero-order chi connectivity index (χ0) is 17.7. The van der Waals surface area contributed by atoms with E-state index in [1.54, 1.807) is 18.3 Å². The Morgan fingerprint density at radius 2 is 1.96 bits per heavy atom. The number of rotatable bonds is 7. The minimum atomic E-state index is -0.384. The number of hydrogen-bond donors (Lipinski definition) is 1. The second kappa shape index (κ2) is 8.44. The molecule has 0 aliphatic heterocycles. The van der Waals surface area contributed by atoms with Crippen LogP contribution in [-0.2, 0) is 9.53 Å². The van der Waals surface area contributed by atoms with Gasteiger partial charge >= 0.3 is 5.97 Å². The van der Waals surface area contributed by atoms with Crippen LogP contribution in [-0.4, -0.2) is 18.5 Å². The first kappa shape index (κ1) is 18.7. The SMILES string of the molecule is CCOC(=O)c1c(NC(=O)C(CC)CC)sc(C)c1-c1cccs1. The lowest BCUT2D eigenvalue weighted by atomic mass is 10.0. The third-order valence-electron chi connectivity index (χ3n) is 3.92. The molecule has 1 N–H and O–H groups in total. The molecule has 0 saturated heterocycles. The first-order chi connectivity index (χ1) is 11.5. The van der Waals surface area contributed by atoms with E-state index in [0.29, 0.717) is 17.2 Å². The maximum absolute atomic E-state index is 12.5. The number of hydrogen-bond acceptors (Lipinski definition) is 5. The van der Waals surface area contributed by atoms with Gasteiger partial charge in [0, 0.05) is 21.2 Å². The van der Waals surface area contributed by atoms with Gasteiger partial charge < -0.3 is 10.1 Å². The molecule has 0 spiro atoms. The molecule has 0 bridgehead atoms. The standard InChI is InChI=1S/C18H23NO3S2/c1-5-12(6-2)16(20)19-17-15(18(21)22-7-3)14(11(4)24-17)13-9-8-10-23-13/h8-10,12H,5-7H2,1-4H3,(H,19,20). The molecule has 2 rings (SSSR count). The molecule has 24 heavy (non-hydrogen) atoms. The van der Waals surface area contributed by atoms with Crippen LogP contribution in [0.25, 0.3) is 10.4 Å². The molecule has 0 atom stereocenters. The average molecular weight is 366 g/mol. The number of thiophene rings is 2. The van der Waals surface area contributed by atoms with E-state index in [4.69, 9.17) is 4.74 Å². The number of carbonyl (C=O) groups is 2. The Balaban J connectivity index is 2.46. The van der Waals surface area contributed by atoms with Crippen molar-refractivity contribution in [3.05, 3.63) is 28.0 Å². The normalized spacial score (nSPS) is 10.9. The number of esters is 1. The maximum Gasteiger partial charge on any atom is 0.341 e. The van der Waals surface area contributed by atoms with E-state index in [2.05, 4.69) is 5.32 Å². The van der Waals surface area contributed by atoms with Crippen molar-refractivity contribution < 1.29 is 14.3 Å².